The first kappa shape index (κ1) is 13.4. The minimum absolute atomic E-state index is 0.0938. The van der Waals surface area contributed by atoms with Gasteiger partial charge in [0.15, 0.2) is 5.84 Å². The molecular weight excluding hydrogens is 260 g/mol. The second-order valence-corrected chi connectivity index (χ2v) is 5.31. The number of hydrogen-bond acceptors (Lipinski definition) is 5. The van der Waals surface area contributed by atoms with Crippen molar-refractivity contribution >= 4 is 23.0 Å². The van der Waals surface area contributed by atoms with Crippen LogP contribution in [0.5, 0.6) is 0 Å². The minimum atomic E-state index is 0.0938. The van der Waals surface area contributed by atoms with Gasteiger partial charge in [-0.25, -0.2) is 4.98 Å². The summed E-state index contributed by atoms with van der Waals surface area (Å²) >= 11 is 1.71. The van der Waals surface area contributed by atoms with Crippen LogP contribution in [0.15, 0.2) is 34.8 Å². The lowest BCUT2D eigenvalue weighted by atomic mass is 10.2. The molecule has 0 aliphatic carbocycles. The molecule has 0 radical (unpaired) electrons. The second-order valence-electron chi connectivity index (χ2n) is 4.28. The maximum absolute atomic E-state index is 8.75. The van der Waals surface area contributed by atoms with Gasteiger partial charge >= 0.3 is 0 Å². The fourth-order valence-electron chi connectivity index (χ4n) is 1.77. The van der Waals surface area contributed by atoms with Gasteiger partial charge < -0.3 is 15.8 Å². The molecule has 3 N–H and O–H groups in total. The first-order valence-corrected chi connectivity index (χ1v) is 6.68. The van der Waals surface area contributed by atoms with Crippen molar-refractivity contribution < 1.29 is 5.21 Å². The normalized spacial score (nSPS) is 11.6. The summed E-state index contributed by atoms with van der Waals surface area (Å²) in [5, 5.41) is 13.8. The van der Waals surface area contributed by atoms with Gasteiger partial charge in [-0.2, -0.15) is 0 Å². The first-order chi connectivity index (χ1) is 9.10. The molecule has 0 unspecified atom stereocenters. The van der Waals surface area contributed by atoms with Gasteiger partial charge in [-0.05, 0) is 30.5 Å². The van der Waals surface area contributed by atoms with Crippen LogP contribution in [0.4, 0.5) is 5.82 Å². The smallest absolute Gasteiger partial charge is 0.170 e. The topological polar surface area (TPSA) is 74.7 Å². The number of aryl methyl sites for hydroxylation is 1. The number of amidine groups is 1. The van der Waals surface area contributed by atoms with Crippen LogP contribution in [0.2, 0.25) is 0 Å². The van der Waals surface area contributed by atoms with E-state index in [-0.39, 0.29) is 5.84 Å². The summed E-state index contributed by atoms with van der Waals surface area (Å²) in [6, 6.07) is 7.72. The highest BCUT2D eigenvalue weighted by Gasteiger charge is 2.09. The van der Waals surface area contributed by atoms with Crippen molar-refractivity contribution in [3.8, 4) is 0 Å². The maximum atomic E-state index is 8.75. The SMILES string of the molecule is Cc1cc(/C(N)=N/O)cc(N(C)Cc2cccs2)n1. The Morgan fingerprint density at radius 3 is 2.95 bits per heavy atom. The van der Waals surface area contributed by atoms with Crippen LogP contribution in [-0.2, 0) is 6.54 Å². The van der Waals surface area contributed by atoms with E-state index in [2.05, 4.69) is 21.6 Å². The molecule has 5 nitrogen and oxygen atoms in total. The van der Waals surface area contributed by atoms with E-state index in [4.69, 9.17) is 10.9 Å². The molecule has 6 heteroatoms. The van der Waals surface area contributed by atoms with Crippen molar-refractivity contribution in [2.24, 2.45) is 10.9 Å². The minimum Gasteiger partial charge on any atom is -0.409 e. The highest BCUT2D eigenvalue weighted by molar-refractivity contribution is 7.09. The predicted molar refractivity (Wildman–Crippen MR) is 77.9 cm³/mol. The van der Waals surface area contributed by atoms with E-state index in [1.807, 2.05) is 31.0 Å². The van der Waals surface area contributed by atoms with E-state index < -0.39 is 0 Å². The molecule has 0 saturated heterocycles. The Morgan fingerprint density at radius 1 is 1.53 bits per heavy atom. The highest BCUT2D eigenvalue weighted by Crippen LogP contribution is 2.18. The number of nitrogens with zero attached hydrogens (tertiary/aromatic N) is 3. The number of rotatable bonds is 4. The van der Waals surface area contributed by atoms with E-state index in [1.54, 1.807) is 17.4 Å². The molecule has 0 aliphatic rings. The van der Waals surface area contributed by atoms with Gasteiger partial charge in [-0.15, -0.1) is 11.3 Å². The Hall–Kier alpha value is -2.08. The molecule has 0 aromatic carbocycles. The number of thiophene rings is 1. The Bertz CT molecular complexity index is 580. The molecule has 0 bridgehead atoms. The molecular formula is C13H16N4OS. The highest BCUT2D eigenvalue weighted by atomic mass is 32.1. The molecule has 0 aliphatic heterocycles. The first-order valence-electron chi connectivity index (χ1n) is 5.80. The zero-order valence-corrected chi connectivity index (χ0v) is 11.7. The van der Waals surface area contributed by atoms with Gasteiger partial charge in [-0.1, -0.05) is 11.2 Å². The lowest BCUT2D eigenvalue weighted by Gasteiger charge is -2.18. The third-order valence-electron chi connectivity index (χ3n) is 2.71. The van der Waals surface area contributed by atoms with Crippen LogP contribution < -0.4 is 10.6 Å². The number of anilines is 1. The Balaban J connectivity index is 2.26. The second kappa shape index (κ2) is 5.71. The molecule has 0 saturated carbocycles. The number of hydrogen-bond donors (Lipinski definition) is 2. The molecule has 2 aromatic heterocycles. The fourth-order valence-corrected chi connectivity index (χ4v) is 2.53. The monoisotopic (exact) mass is 276 g/mol. The van der Waals surface area contributed by atoms with E-state index in [0.29, 0.717) is 5.56 Å². The van der Waals surface area contributed by atoms with Gasteiger partial charge in [0, 0.05) is 23.2 Å². The van der Waals surface area contributed by atoms with E-state index >= 15 is 0 Å². The van der Waals surface area contributed by atoms with Crippen LogP contribution in [0.1, 0.15) is 16.1 Å². The van der Waals surface area contributed by atoms with Crippen molar-refractivity contribution in [3.05, 3.63) is 45.8 Å². The molecule has 0 amide bonds. The van der Waals surface area contributed by atoms with Crippen LogP contribution >= 0.6 is 11.3 Å². The van der Waals surface area contributed by atoms with Crippen LogP contribution in [0.25, 0.3) is 0 Å². The molecule has 2 heterocycles. The summed E-state index contributed by atoms with van der Waals surface area (Å²) in [5.74, 6) is 0.895. The lowest BCUT2D eigenvalue weighted by molar-refractivity contribution is 0.318. The Kier molecular flexibility index (Phi) is 4.01. The molecule has 2 aromatic rings. The predicted octanol–water partition coefficient (Wildman–Crippen LogP) is 2.18. The summed E-state index contributed by atoms with van der Waals surface area (Å²) < 4.78 is 0. The molecule has 0 spiro atoms. The van der Waals surface area contributed by atoms with Gasteiger partial charge in [0.25, 0.3) is 0 Å². The standard InChI is InChI=1S/C13H16N4OS/c1-9-6-10(13(14)16-18)7-12(15-9)17(2)8-11-4-3-5-19-11/h3-7,18H,8H2,1-2H3,(H2,14,16). The van der Waals surface area contributed by atoms with Crippen molar-refractivity contribution in [3.63, 3.8) is 0 Å². The molecule has 0 fully saturated rings. The molecule has 100 valence electrons. The zero-order valence-electron chi connectivity index (χ0n) is 10.9. The third-order valence-corrected chi connectivity index (χ3v) is 3.57. The van der Waals surface area contributed by atoms with Crippen molar-refractivity contribution in [2.75, 3.05) is 11.9 Å². The van der Waals surface area contributed by atoms with Crippen LogP contribution in [0.3, 0.4) is 0 Å². The van der Waals surface area contributed by atoms with Gasteiger partial charge in [0.1, 0.15) is 5.82 Å². The van der Waals surface area contributed by atoms with E-state index in [9.17, 15) is 0 Å². The third kappa shape index (κ3) is 3.23. The van der Waals surface area contributed by atoms with Crippen molar-refractivity contribution in [2.45, 2.75) is 13.5 Å². The number of oxime groups is 1. The lowest BCUT2D eigenvalue weighted by Crippen LogP contribution is -2.20. The Morgan fingerprint density at radius 2 is 2.32 bits per heavy atom. The quantitative estimate of drug-likeness (QED) is 0.388. The largest absolute Gasteiger partial charge is 0.409 e. The van der Waals surface area contributed by atoms with Gasteiger partial charge in [-0.3, -0.25) is 0 Å². The molecule has 2 rings (SSSR count). The summed E-state index contributed by atoms with van der Waals surface area (Å²) in [5.41, 5.74) is 7.12. The van der Waals surface area contributed by atoms with Crippen molar-refractivity contribution in [1.29, 1.82) is 0 Å². The summed E-state index contributed by atoms with van der Waals surface area (Å²) in [6.07, 6.45) is 0. The van der Waals surface area contributed by atoms with Gasteiger partial charge in [0.2, 0.25) is 0 Å². The summed E-state index contributed by atoms with van der Waals surface area (Å²) in [7, 11) is 1.97. The molecule has 0 atom stereocenters. The fraction of sp³-hybridized carbons (Fsp3) is 0.231. The van der Waals surface area contributed by atoms with Crippen molar-refractivity contribution in [1.82, 2.24) is 4.98 Å². The van der Waals surface area contributed by atoms with Crippen LogP contribution in [-0.4, -0.2) is 23.1 Å². The maximum Gasteiger partial charge on any atom is 0.170 e. The summed E-state index contributed by atoms with van der Waals surface area (Å²) in [4.78, 5) is 7.76. The van der Waals surface area contributed by atoms with E-state index in [0.717, 1.165) is 18.1 Å². The number of pyridine rings is 1. The van der Waals surface area contributed by atoms with Gasteiger partial charge in [0.05, 0.1) is 6.54 Å². The summed E-state index contributed by atoms with van der Waals surface area (Å²) in [6.45, 7) is 2.67. The Labute approximate surface area is 116 Å². The van der Waals surface area contributed by atoms with Crippen LogP contribution in [0, 0.1) is 6.92 Å². The average Bonchev–Trinajstić information content (AvgIpc) is 2.89. The average molecular weight is 276 g/mol. The van der Waals surface area contributed by atoms with E-state index in [1.165, 1.54) is 4.88 Å². The zero-order chi connectivity index (χ0) is 13.8. The number of nitrogens with two attached hydrogens (primary N) is 1. The molecule has 19 heavy (non-hydrogen) atoms. The number of aromatic nitrogens is 1.